The summed E-state index contributed by atoms with van der Waals surface area (Å²) in [5, 5.41) is 12.1. The van der Waals surface area contributed by atoms with Crippen molar-refractivity contribution in [2.45, 2.75) is 45.8 Å². The molecule has 1 aromatic carbocycles. The molecule has 3 fully saturated rings. The van der Waals surface area contributed by atoms with Gasteiger partial charge in [-0.1, -0.05) is 0 Å². The van der Waals surface area contributed by atoms with Gasteiger partial charge in [0, 0.05) is 24.1 Å². The van der Waals surface area contributed by atoms with E-state index < -0.39 is 44.8 Å². The Hall–Kier alpha value is -1.49. The van der Waals surface area contributed by atoms with Gasteiger partial charge in [-0.2, -0.15) is 0 Å². The van der Waals surface area contributed by atoms with Crippen LogP contribution in [0, 0.1) is 0 Å². The van der Waals surface area contributed by atoms with Crippen LogP contribution in [0.3, 0.4) is 0 Å². The van der Waals surface area contributed by atoms with E-state index in [1.54, 1.807) is 12.1 Å². The highest BCUT2D eigenvalue weighted by molar-refractivity contribution is 6.66. The Kier molecular flexibility index (Phi) is 4.17. The van der Waals surface area contributed by atoms with E-state index in [9.17, 15) is 14.7 Å². The van der Waals surface area contributed by atoms with Crippen LogP contribution in [-0.2, 0) is 19.6 Å². The third kappa shape index (κ3) is 2.32. The van der Waals surface area contributed by atoms with Gasteiger partial charge in [0.05, 0.1) is 25.7 Å². The second kappa shape index (κ2) is 6.34. The van der Waals surface area contributed by atoms with Gasteiger partial charge in [-0.15, -0.1) is 0 Å². The molecule has 1 saturated carbocycles. The zero-order valence-electron chi connectivity index (χ0n) is 16.7. The van der Waals surface area contributed by atoms with Crippen LogP contribution < -0.4 is 9.47 Å². The third-order valence-electron chi connectivity index (χ3n) is 7.41. The maximum absolute atomic E-state index is 13.6. The van der Waals surface area contributed by atoms with Crippen molar-refractivity contribution < 1.29 is 38.4 Å². The number of methoxy groups -OCH3 is 1. The van der Waals surface area contributed by atoms with Crippen molar-refractivity contribution in [3.05, 3.63) is 23.3 Å². The lowest BCUT2D eigenvalue weighted by atomic mass is 9.53. The Labute approximate surface area is 197 Å². The Morgan fingerprint density at radius 1 is 1.25 bits per heavy atom. The molecular weight excluding hydrogens is 489 g/mol. The van der Waals surface area contributed by atoms with E-state index in [0.717, 1.165) is 4.90 Å². The van der Waals surface area contributed by atoms with Gasteiger partial charge < -0.3 is 28.8 Å². The molecule has 12 heteroatoms. The molecule has 0 radical (unpaired) electrons. The molecule has 9 nitrogen and oxygen atoms in total. The quantitative estimate of drug-likeness (QED) is 0.579. The number of hydrogen-bond acceptors (Lipinski definition) is 8. The fourth-order valence-electron chi connectivity index (χ4n) is 6.36. The highest BCUT2D eigenvalue weighted by Crippen LogP contribution is 2.68. The first-order chi connectivity index (χ1) is 15.1. The largest absolute Gasteiger partial charge is 0.493 e. The first-order valence-electron chi connectivity index (χ1n) is 10.1. The first-order valence-corrected chi connectivity index (χ1v) is 11.2. The van der Waals surface area contributed by atoms with E-state index in [2.05, 4.69) is 0 Å². The average molecular weight is 507 g/mol. The summed E-state index contributed by atoms with van der Waals surface area (Å²) in [7, 11) is 1.48. The molecule has 2 bridgehead atoms. The highest BCUT2D eigenvalue weighted by atomic mass is 35.6. The van der Waals surface area contributed by atoms with Gasteiger partial charge in [-0.05, 0) is 53.4 Å². The summed E-state index contributed by atoms with van der Waals surface area (Å²) >= 11 is 17.0. The summed E-state index contributed by atoms with van der Waals surface area (Å²) in [6.45, 7) is 0.595. The minimum absolute atomic E-state index is 0.119. The summed E-state index contributed by atoms with van der Waals surface area (Å²) in [5.41, 5.74) is -2.10. The number of carbonyl (C=O) groups is 2. The number of fused-ring (bicyclic) bond motifs is 1. The standard InChI is InChI=1S/C20H18Cl3NO8/c1-28-10-3-2-9-11-13(10)31-15-17(11)8-24(16(26)32-20(21,22)23)14(12(9)25)18(17,27)4-5-19(15)29-6-7-30-19/h2-3,14-15,27H,4-8H2,1H3/t14-,15?,17+,18-/m1/s1. The van der Waals surface area contributed by atoms with E-state index >= 15 is 0 Å². The second-order valence-corrected chi connectivity index (χ2v) is 10.8. The highest BCUT2D eigenvalue weighted by Gasteiger charge is 2.82. The van der Waals surface area contributed by atoms with Crippen molar-refractivity contribution in [2.75, 3.05) is 26.9 Å². The zero-order chi connectivity index (χ0) is 22.7. The molecule has 1 N–H and O–H groups in total. The van der Waals surface area contributed by atoms with Crippen molar-refractivity contribution >= 4 is 46.7 Å². The van der Waals surface area contributed by atoms with Crippen molar-refractivity contribution in [1.29, 1.82) is 0 Å². The van der Waals surface area contributed by atoms with Crippen molar-refractivity contribution in [1.82, 2.24) is 4.90 Å². The number of halogens is 3. The monoisotopic (exact) mass is 505 g/mol. The Bertz CT molecular complexity index is 1050. The van der Waals surface area contributed by atoms with Crippen LogP contribution >= 0.6 is 34.8 Å². The molecule has 32 heavy (non-hydrogen) atoms. The molecule has 6 rings (SSSR count). The zero-order valence-corrected chi connectivity index (χ0v) is 19.0. The molecule has 2 aliphatic carbocycles. The van der Waals surface area contributed by atoms with Crippen LogP contribution in [0.15, 0.2) is 12.1 Å². The minimum atomic E-state index is -2.33. The number of ether oxygens (including phenoxy) is 5. The lowest BCUT2D eigenvalue weighted by molar-refractivity contribution is -0.269. The van der Waals surface area contributed by atoms with E-state index in [1.165, 1.54) is 7.11 Å². The number of Topliss-reactive ketones (excluding diaryl/α,β-unsaturated/α-hetero) is 1. The van der Waals surface area contributed by atoms with Crippen LogP contribution in [0.25, 0.3) is 0 Å². The van der Waals surface area contributed by atoms with Crippen LogP contribution in [0.4, 0.5) is 4.79 Å². The number of carbonyl (C=O) groups excluding carboxylic acids is 2. The van der Waals surface area contributed by atoms with E-state index in [-0.39, 0.29) is 19.4 Å². The Morgan fingerprint density at radius 2 is 1.97 bits per heavy atom. The molecule has 5 aliphatic rings. The smallest absolute Gasteiger partial charge is 0.414 e. The summed E-state index contributed by atoms with van der Waals surface area (Å²) in [6, 6.07) is 1.98. The molecule has 1 amide bonds. The topological polar surface area (TPSA) is 104 Å². The van der Waals surface area contributed by atoms with Crippen LogP contribution in [0.2, 0.25) is 0 Å². The van der Waals surface area contributed by atoms with Crippen molar-refractivity contribution in [3.8, 4) is 11.5 Å². The number of likely N-dealkylation sites (tertiary alicyclic amines) is 1. The summed E-state index contributed by atoms with van der Waals surface area (Å²) < 4.78 is 26.5. The Morgan fingerprint density at radius 3 is 2.62 bits per heavy atom. The summed E-state index contributed by atoms with van der Waals surface area (Å²) in [4.78, 5) is 27.7. The molecule has 2 saturated heterocycles. The molecule has 1 unspecified atom stereocenters. The molecule has 3 heterocycles. The van der Waals surface area contributed by atoms with E-state index in [4.69, 9.17) is 58.5 Å². The average Bonchev–Trinajstić information content (AvgIpc) is 3.38. The molecule has 172 valence electrons. The predicted octanol–water partition coefficient (Wildman–Crippen LogP) is 2.31. The number of ketones is 1. The molecular formula is C20H18Cl3NO8. The molecule has 4 atom stereocenters. The maximum atomic E-state index is 13.6. The van der Waals surface area contributed by atoms with Gasteiger partial charge in [0.2, 0.25) is 5.79 Å². The van der Waals surface area contributed by atoms with Crippen molar-refractivity contribution in [2.24, 2.45) is 0 Å². The van der Waals surface area contributed by atoms with Gasteiger partial charge in [0.25, 0.3) is 0 Å². The number of rotatable bonds is 1. The molecule has 3 aliphatic heterocycles. The van der Waals surface area contributed by atoms with Gasteiger partial charge >= 0.3 is 10.1 Å². The lowest BCUT2D eigenvalue weighted by Crippen LogP contribution is -2.72. The fourth-order valence-corrected chi connectivity index (χ4v) is 6.56. The fraction of sp³-hybridized carbons (Fsp3) is 0.600. The van der Waals surface area contributed by atoms with Gasteiger partial charge in [-0.25, -0.2) is 4.79 Å². The Balaban J connectivity index is 1.59. The SMILES string of the molecule is COc1ccc2c3c1OC1C4(CC[C@@]5(O)[C@@H](C2=O)N(C(=O)OC(Cl)(Cl)Cl)C[C@]315)OCCO4. The number of benzene rings is 1. The number of aliphatic hydroxyl groups is 1. The minimum Gasteiger partial charge on any atom is -0.493 e. The van der Waals surface area contributed by atoms with Crippen LogP contribution in [0.5, 0.6) is 11.5 Å². The summed E-state index contributed by atoms with van der Waals surface area (Å²) in [5.74, 6) is -0.865. The lowest BCUT2D eigenvalue weighted by Gasteiger charge is -2.54. The van der Waals surface area contributed by atoms with E-state index in [0.29, 0.717) is 35.8 Å². The number of hydrogen-bond donors (Lipinski definition) is 1. The normalized spacial score (nSPS) is 35.7. The first kappa shape index (κ1) is 21.1. The van der Waals surface area contributed by atoms with Gasteiger partial charge in [-0.3, -0.25) is 9.69 Å². The van der Waals surface area contributed by atoms with Crippen LogP contribution in [0.1, 0.15) is 28.8 Å². The predicted molar refractivity (Wildman–Crippen MR) is 110 cm³/mol. The number of alkyl halides is 3. The van der Waals surface area contributed by atoms with Crippen LogP contribution in [-0.4, -0.2) is 76.3 Å². The second-order valence-electron chi connectivity index (χ2n) is 8.63. The molecule has 2 spiro atoms. The number of nitrogens with zero attached hydrogens (tertiary/aromatic N) is 1. The van der Waals surface area contributed by atoms with Crippen molar-refractivity contribution in [3.63, 3.8) is 0 Å². The van der Waals surface area contributed by atoms with Gasteiger partial charge in [0.1, 0.15) is 11.6 Å². The summed E-state index contributed by atoms with van der Waals surface area (Å²) in [6.07, 6.45) is -1.49. The molecule has 0 aromatic heterocycles. The number of amides is 1. The maximum Gasteiger partial charge on any atom is 0.414 e. The van der Waals surface area contributed by atoms with Gasteiger partial charge in [0.15, 0.2) is 23.4 Å². The molecule has 1 aromatic rings. The van der Waals surface area contributed by atoms with E-state index in [1.807, 2.05) is 0 Å². The third-order valence-corrected chi connectivity index (χ3v) is 7.64.